The van der Waals surface area contributed by atoms with Gasteiger partial charge in [0.15, 0.2) is 11.6 Å². The molecule has 1 aliphatic rings. The van der Waals surface area contributed by atoms with Gasteiger partial charge in [-0.05, 0) is 55.8 Å². The second-order valence-corrected chi connectivity index (χ2v) is 7.12. The number of rotatable bonds is 9. The number of aryl methyl sites for hydroxylation is 1. The van der Waals surface area contributed by atoms with Crippen molar-refractivity contribution in [1.82, 2.24) is 4.90 Å². The van der Waals surface area contributed by atoms with Crippen molar-refractivity contribution in [2.45, 2.75) is 33.1 Å². The van der Waals surface area contributed by atoms with E-state index >= 15 is 0 Å². The summed E-state index contributed by atoms with van der Waals surface area (Å²) in [6.45, 7) is 9.61. The zero-order valence-electron chi connectivity index (χ0n) is 17.2. The summed E-state index contributed by atoms with van der Waals surface area (Å²) in [6, 6.07) is 10.4. The topological polar surface area (TPSA) is 53.9 Å². The zero-order chi connectivity index (χ0) is 20.8. The van der Waals surface area contributed by atoms with E-state index in [2.05, 4.69) is 29.1 Å². The molecule has 0 radical (unpaired) electrons. The standard InChI is InChI=1S/C23H28FN3O2/c1-4-27(5-2)12-7-13-29-21-11-10-17(14-19(21)24)25-15-18-22-16(3)8-6-9-20(22)26-23(18)28/h6,8-11,14-15,18H,4-5,7,12-13H2,1-3H3,(H,26,28). The van der Waals surface area contributed by atoms with Crippen LogP contribution in [0.25, 0.3) is 0 Å². The number of nitrogens with one attached hydrogen (secondary N) is 1. The number of carbonyl (C=O) groups is 1. The highest BCUT2D eigenvalue weighted by Crippen LogP contribution is 2.34. The average Bonchev–Trinajstić information content (AvgIpc) is 3.04. The van der Waals surface area contributed by atoms with Crippen molar-refractivity contribution in [2.75, 3.05) is 31.6 Å². The summed E-state index contributed by atoms with van der Waals surface area (Å²) in [5.74, 6) is -0.810. The third-order valence-corrected chi connectivity index (χ3v) is 5.23. The van der Waals surface area contributed by atoms with Crippen LogP contribution in [0.3, 0.4) is 0 Å². The molecule has 1 unspecified atom stereocenters. The van der Waals surface area contributed by atoms with Crippen LogP contribution in [0.2, 0.25) is 0 Å². The Labute approximate surface area is 171 Å². The van der Waals surface area contributed by atoms with Gasteiger partial charge in [-0.3, -0.25) is 9.79 Å². The maximum atomic E-state index is 14.4. The van der Waals surface area contributed by atoms with E-state index in [1.165, 1.54) is 6.07 Å². The second kappa shape index (κ2) is 9.65. The van der Waals surface area contributed by atoms with Crippen LogP contribution in [-0.4, -0.2) is 43.3 Å². The molecule has 0 saturated heterocycles. The van der Waals surface area contributed by atoms with Crippen molar-refractivity contribution >= 4 is 23.5 Å². The lowest BCUT2D eigenvalue weighted by Crippen LogP contribution is -2.25. The summed E-state index contributed by atoms with van der Waals surface area (Å²) in [7, 11) is 0. The van der Waals surface area contributed by atoms with Crippen molar-refractivity contribution in [2.24, 2.45) is 4.99 Å². The van der Waals surface area contributed by atoms with Crippen LogP contribution in [0.4, 0.5) is 15.8 Å². The van der Waals surface area contributed by atoms with Crippen LogP contribution in [0, 0.1) is 12.7 Å². The van der Waals surface area contributed by atoms with Gasteiger partial charge in [-0.25, -0.2) is 4.39 Å². The lowest BCUT2D eigenvalue weighted by molar-refractivity contribution is -0.115. The Morgan fingerprint density at radius 3 is 2.76 bits per heavy atom. The van der Waals surface area contributed by atoms with Gasteiger partial charge < -0.3 is 15.0 Å². The lowest BCUT2D eigenvalue weighted by atomic mass is 9.97. The fraction of sp³-hybridized carbons (Fsp3) is 0.391. The van der Waals surface area contributed by atoms with E-state index < -0.39 is 11.7 Å². The van der Waals surface area contributed by atoms with E-state index in [1.54, 1.807) is 18.3 Å². The molecule has 0 spiro atoms. The van der Waals surface area contributed by atoms with E-state index in [0.717, 1.165) is 42.9 Å². The van der Waals surface area contributed by atoms with E-state index in [4.69, 9.17) is 4.74 Å². The minimum atomic E-state index is -0.467. The maximum absolute atomic E-state index is 14.4. The normalized spacial score (nSPS) is 15.8. The van der Waals surface area contributed by atoms with Gasteiger partial charge in [-0.15, -0.1) is 0 Å². The van der Waals surface area contributed by atoms with Crippen molar-refractivity contribution in [3.05, 3.63) is 53.3 Å². The molecule has 6 heteroatoms. The molecule has 3 rings (SSSR count). The molecule has 1 atom stereocenters. The van der Waals surface area contributed by atoms with Crippen molar-refractivity contribution in [3.8, 4) is 5.75 Å². The van der Waals surface area contributed by atoms with Gasteiger partial charge in [0.25, 0.3) is 0 Å². The molecule has 1 N–H and O–H groups in total. The molecular formula is C23H28FN3O2. The first-order valence-electron chi connectivity index (χ1n) is 10.1. The van der Waals surface area contributed by atoms with Gasteiger partial charge in [0, 0.05) is 24.5 Å². The third-order valence-electron chi connectivity index (χ3n) is 5.23. The number of fused-ring (bicyclic) bond motifs is 1. The Balaban J connectivity index is 1.62. The Morgan fingerprint density at radius 2 is 2.03 bits per heavy atom. The molecule has 0 aromatic heterocycles. The molecule has 29 heavy (non-hydrogen) atoms. The predicted molar refractivity (Wildman–Crippen MR) is 115 cm³/mol. The highest BCUT2D eigenvalue weighted by Gasteiger charge is 2.30. The van der Waals surface area contributed by atoms with Gasteiger partial charge >= 0.3 is 0 Å². The van der Waals surface area contributed by atoms with Gasteiger partial charge in [0.2, 0.25) is 5.91 Å². The molecule has 154 valence electrons. The van der Waals surface area contributed by atoms with Gasteiger partial charge in [-0.1, -0.05) is 26.0 Å². The Morgan fingerprint density at radius 1 is 1.24 bits per heavy atom. The number of ether oxygens (including phenoxy) is 1. The SMILES string of the molecule is CCN(CC)CCCOc1ccc(N=CC2C(=O)Nc3cccc(C)c32)cc1F. The molecule has 0 saturated carbocycles. The van der Waals surface area contributed by atoms with Crippen LogP contribution >= 0.6 is 0 Å². The summed E-state index contributed by atoms with van der Waals surface area (Å²) in [5.41, 5.74) is 3.21. The number of aliphatic imine (C=N–C) groups is 1. The van der Waals surface area contributed by atoms with Gasteiger partial charge in [0.1, 0.15) is 5.92 Å². The minimum Gasteiger partial charge on any atom is -0.490 e. The Hall–Kier alpha value is -2.73. The molecule has 5 nitrogen and oxygen atoms in total. The van der Waals surface area contributed by atoms with Crippen LogP contribution in [0.15, 0.2) is 41.4 Å². The molecule has 0 aliphatic carbocycles. The average molecular weight is 397 g/mol. The first-order valence-corrected chi connectivity index (χ1v) is 10.1. The number of halogens is 1. The van der Waals surface area contributed by atoms with Crippen LogP contribution in [0.5, 0.6) is 5.75 Å². The van der Waals surface area contributed by atoms with Gasteiger partial charge in [0.05, 0.1) is 12.3 Å². The summed E-state index contributed by atoms with van der Waals surface area (Å²) in [6.07, 6.45) is 2.42. The fourth-order valence-electron chi connectivity index (χ4n) is 3.54. The van der Waals surface area contributed by atoms with Crippen LogP contribution in [-0.2, 0) is 4.79 Å². The quantitative estimate of drug-likeness (QED) is 0.494. The van der Waals surface area contributed by atoms with Crippen molar-refractivity contribution in [3.63, 3.8) is 0 Å². The number of anilines is 1. The summed E-state index contributed by atoms with van der Waals surface area (Å²) >= 11 is 0. The van der Waals surface area contributed by atoms with E-state index in [0.29, 0.717) is 12.3 Å². The molecular weight excluding hydrogens is 369 g/mol. The van der Waals surface area contributed by atoms with Crippen molar-refractivity contribution in [1.29, 1.82) is 0 Å². The first kappa shape index (κ1) is 21.0. The number of carbonyl (C=O) groups excluding carboxylic acids is 1. The Kier molecular flexibility index (Phi) is 6.99. The van der Waals surface area contributed by atoms with E-state index in [9.17, 15) is 9.18 Å². The smallest absolute Gasteiger partial charge is 0.237 e. The molecule has 0 bridgehead atoms. The number of hydrogen-bond acceptors (Lipinski definition) is 4. The third kappa shape index (κ3) is 5.01. The predicted octanol–water partition coefficient (Wildman–Crippen LogP) is 4.68. The number of nitrogens with zero attached hydrogens (tertiary/aromatic N) is 2. The highest BCUT2D eigenvalue weighted by atomic mass is 19.1. The number of hydrogen-bond donors (Lipinski definition) is 1. The summed E-state index contributed by atoms with van der Waals surface area (Å²) in [4.78, 5) is 18.9. The fourth-order valence-corrected chi connectivity index (χ4v) is 3.54. The largest absolute Gasteiger partial charge is 0.490 e. The number of amides is 1. The second-order valence-electron chi connectivity index (χ2n) is 7.12. The molecule has 2 aromatic rings. The molecule has 1 amide bonds. The molecule has 0 fully saturated rings. The van der Waals surface area contributed by atoms with E-state index in [-0.39, 0.29) is 11.7 Å². The van der Waals surface area contributed by atoms with Crippen LogP contribution in [0.1, 0.15) is 37.3 Å². The monoisotopic (exact) mass is 397 g/mol. The van der Waals surface area contributed by atoms with Crippen LogP contribution < -0.4 is 10.1 Å². The summed E-state index contributed by atoms with van der Waals surface area (Å²) < 4.78 is 19.9. The molecule has 2 aromatic carbocycles. The maximum Gasteiger partial charge on any atom is 0.237 e. The number of benzene rings is 2. The summed E-state index contributed by atoms with van der Waals surface area (Å²) in [5, 5.41) is 2.86. The molecule has 1 heterocycles. The van der Waals surface area contributed by atoms with Crippen molar-refractivity contribution < 1.29 is 13.9 Å². The zero-order valence-corrected chi connectivity index (χ0v) is 17.2. The highest BCUT2D eigenvalue weighted by molar-refractivity contribution is 6.13. The first-order chi connectivity index (χ1) is 14.0. The minimum absolute atomic E-state index is 0.119. The van der Waals surface area contributed by atoms with Gasteiger partial charge in [-0.2, -0.15) is 0 Å². The lowest BCUT2D eigenvalue weighted by Gasteiger charge is -2.17. The van der Waals surface area contributed by atoms with E-state index in [1.807, 2.05) is 25.1 Å². The Bertz CT molecular complexity index is 894. The molecule has 1 aliphatic heterocycles.